The Morgan fingerprint density at radius 3 is 1.92 bits per heavy atom. The topological polar surface area (TPSA) is 8.81 Å². The minimum atomic E-state index is -4.87. The highest BCUT2D eigenvalue weighted by atomic mass is 19.4. The number of hydrogen-bond donors (Lipinski definition) is 0. The zero-order valence-electron chi connectivity index (χ0n) is 13.2. The molecule has 0 fully saturated rings. The Balaban J connectivity index is 1.98. The highest BCUT2D eigenvalue weighted by molar-refractivity contribution is 5.42. The van der Waals surface area contributed by atoms with Crippen molar-refractivity contribution in [2.75, 3.05) is 0 Å². The minimum Gasteiger partial charge on any atom is -0.232 e. The van der Waals surface area contributed by atoms with E-state index in [4.69, 9.17) is 0 Å². The van der Waals surface area contributed by atoms with Crippen molar-refractivity contribution in [3.8, 4) is 5.69 Å². The van der Waals surface area contributed by atoms with Crippen LogP contribution in [0.2, 0.25) is 0 Å². The molecule has 0 bridgehead atoms. The molecule has 8 heteroatoms. The van der Waals surface area contributed by atoms with Gasteiger partial charge in [0.25, 0.3) is 0 Å². The molecular weight excluding hydrogens is 358 g/mol. The Bertz CT molecular complexity index is 862. The number of imidazole rings is 1. The van der Waals surface area contributed by atoms with Crippen LogP contribution in [-0.4, -0.2) is 4.57 Å². The lowest BCUT2D eigenvalue weighted by molar-refractivity contribution is -0.687. The number of aromatic nitrogens is 2. The summed E-state index contributed by atoms with van der Waals surface area (Å²) in [7, 11) is 0. The fourth-order valence-electron chi connectivity index (χ4n) is 2.52. The highest BCUT2D eigenvalue weighted by Gasteiger charge is 2.37. The number of halogens is 6. The van der Waals surface area contributed by atoms with Gasteiger partial charge in [-0.2, -0.15) is 26.3 Å². The van der Waals surface area contributed by atoms with Crippen molar-refractivity contribution in [1.82, 2.24) is 4.57 Å². The van der Waals surface area contributed by atoms with Gasteiger partial charge in [-0.05, 0) is 23.8 Å². The van der Waals surface area contributed by atoms with E-state index in [0.29, 0.717) is 18.7 Å². The predicted octanol–water partition coefficient (Wildman–Crippen LogP) is 4.85. The molecule has 3 rings (SSSR count). The van der Waals surface area contributed by atoms with Crippen molar-refractivity contribution in [3.05, 3.63) is 83.9 Å². The first-order valence-corrected chi connectivity index (χ1v) is 7.54. The standard InChI is InChI=1S/C18H13F6N2/c19-17(20,21)14-8-15(18(22,23)24)10-16(9-14)26-7-6-25(12-26)11-13-4-2-1-3-5-13/h1-10,12H,11H2/q+1. The van der Waals surface area contributed by atoms with Crippen LogP contribution in [0.4, 0.5) is 26.3 Å². The smallest absolute Gasteiger partial charge is 0.232 e. The van der Waals surface area contributed by atoms with Crippen LogP contribution in [0.5, 0.6) is 0 Å². The van der Waals surface area contributed by atoms with Gasteiger partial charge in [0, 0.05) is 0 Å². The molecule has 0 amide bonds. The van der Waals surface area contributed by atoms with Gasteiger partial charge in [0.2, 0.25) is 6.33 Å². The van der Waals surface area contributed by atoms with Crippen LogP contribution in [-0.2, 0) is 18.9 Å². The van der Waals surface area contributed by atoms with E-state index in [2.05, 4.69) is 0 Å². The first-order chi connectivity index (χ1) is 12.1. The second-order valence-corrected chi connectivity index (χ2v) is 5.74. The average Bonchev–Trinajstić information content (AvgIpc) is 3.02. The zero-order chi connectivity index (χ0) is 18.9. The number of alkyl halides is 6. The molecule has 0 saturated carbocycles. The summed E-state index contributed by atoms with van der Waals surface area (Å²) in [5.74, 6) is 0. The maximum absolute atomic E-state index is 13.0. The number of hydrogen-bond acceptors (Lipinski definition) is 0. The zero-order valence-corrected chi connectivity index (χ0v) is 13.2. The Labute approximate surface area is 144 Å². The lowest BCUT2D eigenvalue weighted by Crippen LogP contribution is -2.31. The van der Waals surface area contributed by atoms with E-state index in [1.54, 1.807) is 10.8 Å². The van der Waals surface area contributed by atoms with E-state index in [-0.39, 0.29) is 11.8 Å². The summed E-state index contributed by atoms with van der Waals surface area (Å²) in [6.07, 6.45) is -5.30. The first-order valence-electron chi connectivity index (χ1n) is 7.54. The van der Waals surface area contributed by atoms with Crippen LogP contribution in [0.3, 0.4) is 0 Å². The Kier molecular flexibility index (Phi) is 4.52. The molecule has 2 aromatic carbocycles. The lowest BCUT2D eigenvalue weighted by atomic mass is 10.1. The van der Waals surface area contributed by atoms with Gasteiger partial charge < -0.3 is 0 Å². The molecule has 0 N–H and O–H groups in total. The van der Waals surface area contributed by atoms with Gasteiger partial charge in [-0.1, -0.05) is 30.3 Å². The second-order valence-electron chi connectivity index (χ2n) is 5.74. The molecule has 0 aliphatic rings. The molecule has 0 radical (unpaired) electrons. The molecule has 136 valence electrons. The first kappa shape index (κ1) is 18.0. The third kappa shape index (κ3) is 4.07. The third-order valence-corrected chi connectivity index (χ3v) is 3.77. The molecule has 0 saturated heterocycles. The van der Waals surface area contributed by atoms with Crippen LogP contribution in [0.15, 0.2) is 67.3 Å². The Hall–Kier alpha value is -2.77. The van der Waals surface area contributed by atoms with Crippen LogP contribution in [0.25, 0.3) is 5.69 Å². The fourth-order valence-corrected chi connectivity index (χ4v) is 2.52. The molecule has 26 heavy (non-hydrogen) atoms. The largest absolute Gasteiger partial charge is 0.416 e. The van der Waals surface area contributed by atoms with Crippen molar-refractivity contribution >= 4 is 0 Å². The second kappa shape index (κ2) is 6.51. The summed E-state index contributed by atoms with van der Waals surface area (Å²) in [6, 6.07) is 10.8. The van der Waals surface area contributed by atoms with E-state index < -0.39 is 23.5 Å². The predicted molar refractivity (Wildman–Crippen MR) is 81.5 cm³/mol. The van der Waals surface area contributed by atoms with Gasteiger partial charge >= 0.3 is 12.4 Å². The van der Waals surface area contributed by atoms with E-state index in [9.17, 15) is 26.3 Å². The van der Waals surface area contributed by atoms with E-state index in [1.807, 2.05) is 30.3 Å². The maximum Gasteiger partial charge on any atom is 0.416 e. The molecule has 3 aromatic rings. The highest BCUT2D eigenvalue weighted by Crippen LogP contribution is 2.37. The molecule has 1 aromatic heterocycles. The molecular formula is C18H13F6N2+. The molecule has 0 unspecified atom stereocenters. The van der Waals surface area contributed by atoms with Crippen LogP contribution >= 0.6 is 0 Å². The molecule has 2 nitrogen and oxygen atoms in total. The summed E-state index contributed by atoms with van der Waals surface area (Å²) in [5, 5.41) is 0. The number of benzene rings is 2. The number of rotatable bonds is 3. The molecule has 1 heterocycles. The monoisotopic (exact) mass is 371 g/mol. The van der Waals surface area contributed by atoms with E-state index in [0.717, 1.165) is 5.56 Å². The third-order valence-electron chi connectivity index (χ3n) is 3.77. The molecule has 0 aliphatic heterocycles. The summed E-state index contributed by atoms with van der Waals surface area (Å²) < 4.78 is 80.7. The van der Waals surface area contributed by atoms with Crippen molar-refractivity contribution in [2.24, 2.45) is 0 Å². The minimum absolute atomic E-state index is 0.116. The van der Waals surface area contributed by atoms with Gasteiger partial charge in [0.05, 0.1) is 11.1 Å². The fraction of sp³-hybridized carbons (Fsp3) is 0.167. The van der Waals surface area contributed by atoms with Crippen molar-refractivity contribution in [2.45, 2.75) is 18.9 Å². The van der Waals surface area contributed by atoms with Crippen LogP contribution < -0.4 is 4.57 Å². The normalized spacial score (nSPS) is 12.4. The van der Waals surface area contributed by atoms with Crippen LogP contribution in [0.1, 0.15) is 16.7 Å². The van der Waals surface area contributed by atoms with Gasteiger partial charge in [-0.25, -0.2) is 9.13 Å². The van der Waals surface area contributed by atoms with Gasteiger partial charge in [0.1, 0.15) is 24.6 Å². The SMILES string of the molecule is FC(F)(F)c1cc(-n2cc[n+](Cc3ccccc3)c2)cc(C(F)(F)F)c1. The summed E-state index contributed by atoms with van der Waals surface area (Å²) in [6.45, 7) is 0.443. The summed E-state index contributed by atoms with van der Waals surface area (Å²) in [4.78, 5) is 0. The number of nitrogens with zero attached hydrogens (tertiary/aromatic N) is 2. The van der Waals surface area contributed by atoms with Gasteiger partial charge in [-0.15, -0.1) is 0 Å². The molecule has 0 spiro atoms. The van der Waals surface area contributed by atoms with Crippen molar-refractivity contribution in [3.63, 3.8) is 0 Å². The van der Waals surface area contributed by atoms with E-state index in [1.165, 1.54) is 17.1 Å². The van der Waals surface area contributed by atoms with Crippen molar-refractivity contribution in [1.29, 1.82) is 0 Å². The molecule has 0 aliphatic carbocycles. The summed E-state index contributed by atoms with van der Waals surface area (Å²) in [5.41, 5.74) is -1.94. The molecule has 0 atom stereocenters. The Morgan fingerprint density at radius 2 is 1.38 bits per heavy atom. The summed E-state index contributed by atoms with van der Waals surface area (Å²) >= 11 is 0. The average molecular weight is 371 g/mol. The van der Waals surface area contributed by atoms with Gasteiger partial charge in [0.15, 0.2) is 0 Å². The lowest BCUT2D eigenvalue weighted by Gasteiger charge is -2.12. The maximum atomic E-state index is 13.0. The Morgan fingerprint density at radius 1 is 0.808 bits per heavy atom. The van der Waals surface area contributed by atoms with E-state index >= 15 is 0 Å². The van der Waals surface area contributed by atoms with Gasteiger partial charge in [-0.3, -0.25) is 0 Å². The van der Waals surface area contributed by atoms with Crippen LogP contribution in [0, 0.1) is 0 Å². The quantitative estimate of drug-likeness (QED) is 0.460. The van der Waals surface area contributed by atoms with Crippen molar-refractivity contribution < 1.29 is 30.9 Å².